The summed E-state index contributed by atoms with van der Waals surface area (Å²) in [6.45, 7) is 11.3. The Morgan fingerprint density at radius 3 is 2.48 bits per heavy atom. The SMILES string of the molecule is CSN(C)c1ccc(OCC(O)CN2CCC(C(C)C)C2(C)C)cc1. The van der Waals surface area contributed by atoms with Crippen LogP contribution in [0.15, 0.2) is 24.3 Å². The zero-order chi connectivity index (χ0) is 18.6. The number of anilines is 1. The first-order valence-corrected chi connectivity index (χ1v) is 10.4. The van der Waals surface area contributed by atoms with Gasteiger partial charge in [0.25, 0.3) is 0 Å². The normalized spacial score (nSPS) is 21.5. The number of likely N-dealkylation sites (tertiary alicyclic amines) is 1. The number of aliphatic hydroxyl groups is 1. The fourth-order valence-electron chi connectivity index (χ4n) is 4.00. The van der Waals surface area contributed by atoms with Gasteiger partial charge in [-0.25, -0.2) is 0 Å². The molecule has 4 nitrogen and oxygen atoms in total. The van der Waals surface area contributed by atoms with Crippen molar-refractivity contribution in [3.63, 3.8) is 0 Å². The zero-order valence-corrected chi connectivity index (χ0v) is 17.3. The Bertz CT molecular complexity index is 533. The number of β-amino-alcohol motifs (C(OH)–C–C–N with tert-alkyl or cyclic N) is 1. The Morgan fingerprint density at radius 1 is 1.32 bits per heavy atom. The van der Waals surface area contributed by atoms with Crippen LogP contribution in [0.5, 0.6) is 5.75 Å². The molecule has 1 saturated heterocycles. The van der Waals surface area contributed by atoms with Gasteiger partial charge in [-0.15, -0.1) is 0 Å². The summed E-state index contributed by atoms with van der Waals surface area (Å²) in [7, 11) is 2.03. The molecule has 1 heterocycles. The molecule has 1 aliphatic heterocycles. The second-order valence-electron chi connectivity index (χ2n) is 7.88. The zero-order valence-electron chi connectivity index (χ0n) is 16.5. The van der Waals surface area contributed by atoms with Gasteiger partial charge in [-0.05, 0) is 62.9 Å². The molecule has 0 radical (unpaired) electrons. The van der Waals surface area contributed by atoms with E-state index in [4.69, 9.17) is 4.74 Å². The van der Waals surface area contributed by atoms with Gasteiger partial charge in [0.15, 0.2) is 0 Å². The molecule has 1 N–H and O–H groups in total. The average molecular weight is 367 g/mol. The van der Waals surface area contributed by atoms with Crippen molar-refractivity contribution in [2.45, 2.75) is 45.8 Å². The van der Waals surface area contributed by atoms with Crippen molar-refractivity contribution in [2.75, 3.05) is 37.3 Å². The topological polar surface area (TPSA) is 35.9 Å². The van der Waals surface area contributed by atoms with E-state index in [9.17, 15) is 5.11 Å². The molecular weight excluding hydrogens is 332 g/mol. The van der Waals surface area contributed by atoms with Crippen LogP contribution in [-0.4, -0.2) is 54.6 Å². The predicted octanol–water partition coefficient (Wildman–Crippen LogP) is 3.90. The van der Waals surface area contributed by atoms with Gasteiger partial charge in [0.1, 0.15) is 18.5 Å². The van der Waals surface area contributed by atoms with E-state index in [1.54, 1.807) is 11.9 Å². The van der Waals surface area contributed by atoms with Crippen molar-refractivity contribution >= 4 is 17.6 Å². The van der Waals surface area contributed by atoms with Crippen molar-refractivity contribution in [3.8, 4) is 5.75 Å². The molecule has 1 aromatic rings. The number of benzene rings is 1. The van der Waals surface area contributed by atoms with E-state index in [0.717, 1.165) is 18.0 Å². The largest absolute Gasteiger partial charge is 0.491 e. The standard InChI is InChI=1S/C20H34N2O2S/c1-15(2)19-11-12-22(20(19,3)4)13-17(23)14-24-18-9-7-16(8-10-18)21(5)25-6/h7-10,15,17,19,23H,11-14H2,1-6H3. The molecule has 2 atom stereocenters. The average Bonchev–Trinajstić information content (AvgIpc) is 2.87. The third kappa shape index (κ3) is 5.05. The Balaban J connectivity index is 1.84. The molecule has 1 aromatic carbocycles. The summed E-state index contributed by atoms with van der Waals surface area (Å²) < 4.78 is 7.88. The maximum absolute atomic E-state index is 10.4. The Hall–Kier alpha value is -0.910. The number of hydrogen-bond donors (Lipinski definition) is 1. The molecule has 0 spiro atoms. The number of ether oxygens (including phenoxy) is 1. The highest BCUT2D eigenvalue weighted by Crippen LogP contribution is 2.39. The van der Waals surface area contributed by atoms with E-state index in [2.05, 4.69) is 36.9 Å². The van der Waals surface area contributed by atoms with Gasteiger partial charge in [-0.1, -0.05) is 25.8 Å². The van der Waals surface area contributed by atoms with Crippen LogP contribution < -0.4 is 9.04 Å². The minimum absolute atomic E-state index is 0.138. The van der Waals surface area contributed by atoms with E-state index >= 15 is 0 Å². The monoisotopic (exact) mass is 366 g/mol. The van der Waals surface area contributed by atoms with Gasteiger partial charge in [-0.3, -0.25) is 4.90 Å². The molecule has 0 aliphatic carbocycles. The van der Waals surface area contributed by atoms with Crippen molar-refractivity contribution in [3.05, 3.63) is 24.3 Å². The summed E-state index contributed by atoms with van der Waals surface area (Å²) in [6, 6.07) is 8.00. The molecule has 2 rings (SSSR count). The first kappa shape index (κ1) is 20.4. The number of aliphatic hydroxyl groups excluding tert-OH is 1. The molecular formula is C20H34N2O2S. The lowest BCUT2D eigenvalue weighted by Gasteiger charge is -2.38. The van der Waals surface area contributed by atoms with Gasteiger partial charge in [0.05, 0.1) is 0 Å². The second kappa shape index (κ2) is 8.65. The number of hydrogen-bond acceptors (Lipinski definition) is 5. The van der Waals surface area contributed by atoms with Crippen LogP contribution in [0.3, 0.4) is 0 Å². The first-order chi connectivity index (χ1) is 11.8. The molecule has 1 aliphatic rings. The minimum Gasteiger partial charge on any atom is -0.491 e. The molecule has 2 unspecified atom stereocenters. The predicted molar refractivity (Wildman–Crippen MR) is 108 cm³/mol. The van der Waals surface area contributed by atoms with Crippen LogP contribution in [-0.2, 0) is 0 Å². The van der Waals surface area contributed by atoms with Gasteiger partial charge < -0.3 is 14.1 Å². The quantitative estimate of drug-likeness (QED) is 0.706. The highest BCUT2D eigenvalue weighted by molar-refractivity contribution is 7.99. The van der Waals surface area contributed by atoms with Crippen LogP contribution >= 0.6 is 11.9 Å². The molecule has 0 saturated carbocycles. The number of rotatable bonds is 8. The smallest absolute Gasteiger partial charge is 0.119 e. The molecule has 25 heavy (non-hydrogen) atoms. The van der Waals surface area contributed by atoms with E-state index in [-0.39, 0.29) is 5.54 Å². The summed E-state index contributed by atoms with van der Waals surface area (Å²) in [5, 5.41) is 10.4. The van der Waals surface area contributed by atoms with Crippen molar-refractivity contribution in [2.24, 2.45) is 11.8 Å². The Kier molecular flexibility index (Phi) is 7.06. The second-order valence-corrected chi connectivity index (χ2v) is 8.79. The lowest BCUT2D eigenvalue weighted by atomic mass is 9.80. The third-order valence-corrected chi connectivity index (χ3v) is 6.34. The fourth-order valence-corrected chi connectivity index (χ4v) is 4.34. The van der Waals surface area contributed by atoms with Crippen LogP contribution in [0.2, 0.25) is 0 Å². The molecule has 1 fully saturated rings. The third-order valence-electron chi connectivity index (χ3n) is 5.58. The van der Waals surface area contributed by atoms with E-state index in [0.29, 0.717) is 25.0 Å². The molecule has 0 amide bonds. The number of nitrogens with zero attached hydrogens (tertiary/aromatic N) is 2. The minimum atomic E-state index is -0.473. The van der Waals surface area contributed by atoms with Crippen LogP contribution in [0.1, 0.15) is 34.1 Å². The molecule has 142 valence electrons. The van der Waals surface area contributed by atoms with E-state index in [1.165, 1.54) is 6.42 Å². The molecule has 5 heteroatoms. The first-order valence-electron chi connectivity index (χ1n) is 9.19. The van der Waals surface area contributed by atoms with Gasteiger partial charge in [-0.2, -0.15) is 0 Å². The van der Waals surface area contributed by atoms with Crippen LogP contribution in [0.4, 0.5) is 5.69 Å². The van der Waals surface area contributed by atoms with Gasteiger partial charge >= 0.3 is 0 Å². The van der Waals surface area contributed by atoms with Gasteiger partial charge in [0, 0.05) is 31.1 Å². The van der Waals surface area contributed by atoms with Gasteiger partial charge in [0.2, 0.25) is 0 Å². The lowest BCUT2D eigenvalue weighted by molar-refractivity contribution is 0.0323. The molecule has 0 bridgehead atoms. The summed E-state index contributed by atoms with van der Waals surface area (Å²) in [6.07, 6.45) is 2.78. The summed E-state index contributed by atoms with van der Waals surface area (Å²) >= 11 is 1.67. The highest BCUT2D eigenvalue weighted by Gasteiger charge is 2.42. The van der Waals surface area contributed by atoms with Crippen LogP contribution in [0, 0.1) is 11.8 Å². The van der Waals surface area contributed by atoms with Crippen molar-refractivity contribution in [1.29, 1.82) is 0 Å². The fraction of sp³-hybridized carbons (Fsp3) is 0.700. The van der Waals surface area contributed by atoms with E-state index in [1.807, 2.05) is 37.6 Å². The lowest BCUT2D eigenvalue weighted by Crippen LogP contribution is -2.48. The van der Waals surface area contributed by atoms with Crippen LogP contribution in [0.25, 0.3) is 0 Å². The summed E-state index contributed by atoms with van der Waals surface area (Å²) in [5.74, 6) is 2.16. The maximum atomic E-state index is 10.4. The Morgan fingerprint density at radius 2 is 1.96 bits per heavy atom. The van der Waals surface area contributed by atoms with E-state index < -0.39 is 6.10 Å². The Labute approximate surface area is 157 Å². The summed E-state index contributed by atoms with van der Waals surface area (Å²) in [4.78, 5) is 2.42. The summed E-state index contributed by atoms with van der Waals surface area (Å²) in [5.41, 5.74) is 1.28. The van der Waals surface area contributed by atoms with Crippen molar-refractivity contribution in [1.82, 2.24) is 4.90 Å². The van der Waals surface area contributed by atoms with Crippen molar-refractivity contribution < 1.29 is 9.84 Å². The molecule has 0 aromatic heterocycles. The maximum Gasteiger partial charge on any atom is 0.119 e. The highest BCUT2D eigenvalue weighted by atomic mass is 32.2.